The van der Waals surface area contributed by atoms with Crippen LogP contribution < -0.4 is 0 Å². The van der Waals surface area contributed by atoms with E-state index in [4.69, 9.17) is 0 Å². The molecule has 1 heteroatoms. The monoisotopic (exact) mass is 276 g/mol. The Labute approximate surface area is 125 Å². The summed E-state index contributed by atoms with van der Waals surface area (Å²) in [6, 6.07) is 19.1. The number of phenols is 1. The standard InChI is InChI=1S/C20H20O/c1-14-11-18(15(2)20(21)12-14)10-8-16-7-9-17-5-3-4-6-19(17)13-16/h3-7,9,11-13,21H,8,10H2,1-2H3. The SMILES string of the molecule is Cc1cc(O)c(C)c(CCc2ccc3ccccc3c2)c1. The molecule has 0 spiro atoms. The number of hydrogen-bond acceptors (Lipinski definition) is 1. The summed E-state index contributed by atoms with van der Waals surface area (Å²) in [6.07, 6.45) is 1.95. The predicted molar refractivity (Wildman–Crippen MR) is 88.9 cm³/mol. The summed E-state index contributed by atoms with van der Waals surface area (Å²) in [7, 11) is 0. The number of phenolic OH excluding ortho intramolecular Hbond substituents is 1. The smallest absolute Gasteiger partial charge is 0.119 e. The van der Waals surface area contributed by atoms with E-state index in [0.29, 0.717) is 5.75 Å². The van der Waals surface area contributed by atoms with Crippen molar-refractivity contribution in [2.75, 3.05) is 0 Å². The second-order valence-corrected chi connectivity index (χ2v) is 5.75. The van der Waals surface area contributed by atoms with Crippen molar-refractivity contribution < 1.29 is 5.11 Å². The first-order chi connectivity index (χ1) is 10.1. The van der Waals surface area contributed by atoms with Gasteiger partial charge in [0.25, 0.3) is 0 Å². The Morgan fingerprint density at radius 2 is 1.57 bits per heavy atom. The Hall–Kier alpha value is -2.28. The summed E-state index contributed by atoms with van der Waals surface area (Å²) >= 11 is 0. The van der Waals surface area contributed by atoms with Crippen LogP contribution in [0.2, 0.25) is 0 Å². The molecule has 0 aliphatic heterocycles. The van der Waals surface area contributed by atoms with E-state index in [-0.39, 0.29) is 0 Å². The maximum Gasteiger partial charge on any atom is 0.119 e. The molecule has 0 aliphatic carbocycles. The lowest BCUT2D eigenvalue weighted by molar-refractivity contribution is 0.469. The largest absolute Gasteiger partial charge is 0.508 e. The zero-order chi connectivity index (χ0) is 14.8. The first kappa shape index (κ1) is 13.7. The molecule has 0 atom stereocenters. The zero-order valence-corrected chi connectivity index (χ0v) is 12.6. The van der Waals surface area contributed by atoms with Gasteiger partial charge in [-0.15, -0.1) is 0 Å². The zero-order valence-electron chi connectivity index (χ0n) is 12.6. The fourth-order valence-electron chi connectivity index (χ4n) is 2.85. The molecule has 1 N–H and O–H groups in total. The highest BCUT2D eigenvalue weighted by molar-refractivity contribution is 5.82. The van der Waals surface area contributed by atoms with Crippen LogP contribution in [0.3, 0.4) is 0 Å². The molecule has 0 aliphatic rings. The van der Waals surface area contributed by atoms with Crippen molar-refractivity contribution >= 4 is 10.8 Å². The van der Waals surface area contributed by atoms with E-state index in [2.05, 4.69) is 48.5 Å². The average molecular weight is 276 g/mol. The van der Waals surface area contributed by atoms with E-state index in [1.54, 1.807) is 0 Å². The molecule has 0 unspecified atom stereocenters. The Balaban J connectivity index is 1.83. The van der Waals surface area contributed by atoms with E-state index < -0.39 is 0 Å². The van der Waals surface area contributed by atoms with E-state index in [0.717, 1.165) is 24.0 Å². The Morgan fingerprint density at radius 1 is 0.810 bits per heavy atom. The highest BCUT2D eigenvalue weighted by Gasteiger charge is 2.05. The minimum absolute atomic E-state index is 0.406. The van der Waals surface area contributed by atoms with Crippen molar-refractivity contribution in [1.82, 2.24) is 0 Å². The second-order valence-electron chi connectivity index (χ2n) is 5.75. The van der Waals surface area contributed by atoms with Crippen molar-refractivity contribution in [3.63, 3.8) is 0 Å². The topological polar surface area (TPSA) is 20.2 Å². The van der Waals surface area contributed by atoms with Gasteiger partial charge in [-0.05, 0) is 65.8 Å². The van der Waals surface area contributed by atoms with Crippen LogP contribution in [0.5, 0.6) is 5.75 Å². The Kier molecular flexibility index (Phi) is 3.66. The van der Waals surface area contributed by atoms with Gasteiger partial charge in [0.2, 0.25) is 0 Å². The third-order valence-electron chi connectivity index (χ3n) is 4.13. The van der Waals surface area contributed by atoms with E-state index in [9.17, 15) is 5.11 Å². The molecule has 0 heterocycles. The van der Waals surface area contributed by atoms with Crippen LogP contribution >= 0.6 is 0 Å². The van der Waals surface area contributed by atoms with Gasteiger partial charge in [0.1, 0.15) is 5.75 Å². The molecule has 0 saturated heterocycles. The molecule has 0 aromatic heterocycles. The molecule has 0 saturated carbocycles. The summed E-state index contributed by atoms with van der Waals surface area (Å²) in [6.45, 7) is 4.02. The molecule has 0 amide bonds. The second kappa shape index (κ2) is 5.61. The summed E-state index contributed by atoms with van der Waals surface area (Å²) in [4.78, 5) is 0. The van der Waals surface area contributed by atoms with Gasteiger partial charge >= 0.3 is 0 Å². The van der Waals surface area contributed by atoms with Crippen LogP contribution in [0.15, 0.2) is 54.6 Å². The molecule has 1 nitrogen and oxygen atoms in total. The van der Waals surface area contributed by atoms with Crippen molar-refractivity contribution in [1.29, 1.82) is 0 Å². The third kappa shape index (κ3) is 2.92. The van der Waals surface area contributed by atoms with Crippen LogP contribution in [0.1, 0.15) is 22.3 Å². The highest BCUT2D eigenvalue weighted by Crippen LogP contribution is 2.24. The molecular weight excluding hydrogens is 256 g/mol. The van der Waals surface area contributed by atoms with Crippen LogP contribution in [0.4, 0.5) is 0 Å². The quantitative estimate of drug-likeness (QED) is 0.717. The molecule has 0 bridgehead atoms. The van der Waals surface area contributed by atoms with Gasteiger partial charge in [-0.2, -0.15) is 0 Å². The van der Waals surface area contributed by atoms with E-state index in [1.807, 2.05) is 19.9 Å². The van der Waals surface area contributed by atoms with Gasteiger partial charge in [0.15, 0.2) is 0 Å². The van der Waals surface area contributed by atoms with Crippen LogP contribution in [0, 0.1) is 13.8 Å². The minimum atomic E-state index is 0.406. The predicted octanol–water partition coefficient (Wildman–Crippen LogP) is 4.95. The lowest BCUT2D eigenvalue weighted by Gasteiger charge is -2.10. The number of fused-ring (bicyclic) bond motifs is 1. The molecule has 3 aromatic carbocycles. The van der Waals surface area contributed by atoms with Crippen molar-refractivity contribution in [3.05, 3.63) is 76.9 Å². The Bertz CT molecular complexity index is 787. The number of benzene rings is 3. The number of aryl methyl sites for hydroxylation is 3. The fourth-order valence-corrected chi connectivity index (χ4v) is 2.85. The molecule has 3 aromatic rings. The van der Waals surface area contributed by atoms with Crippen molar-refractivity contribution in [3.8, 4) is 5.75 Å². The third-order valence-corrected chi connectivity index (χ3v) is 4.13. The summed E-state index contributed by atoms with van der Waals surface area (Å²) in [5.41, 5.74) is 4.70. The van der Waals surface area contributed by atoms with Crippen LogP contribution in [0.25, 0.3) is 10.8 Å². The van der Waals surface area contributed by atoms with E-state index >= 15 is 0 Å². The molecule has 0 fully saturated rings. The summed E-state index contributed by atoms with van der Waals surface area (Å²) in [5.74, 6) is 0.406. The van der Waals surface area contributed by atoms with Crippen molar-refractivity contribution in [2.24, 2.45) is 0 Å². The normalized spacial score (nSPS) is 11.0. The van der Waals surface area contributed by atoms with Gasteiger partial charge in [-0.25, -0.2) is 0 Å². The van der Waals surface area contributed by atoms with Gasteiger partial charge in [0.05, 0.1) is 0 Å². The molecule has 0 radical (unpaired) electrons. The maximum absolute atomic E-state index is 9.92. The van der Waals surface area contributed by atoms with Gasteiger partial charge in [0, 0.05) is 0 Å². The van der Waals surface area contributed by atoms with Gasteiger partial charge in [-0.1, -0.05) is 48.5 Å². The first-order valence-electron chi connectivity index (χ1n) is 7.40. The molecule has 106 valence electrons. The minimum Gasteiger partial charge on any atom is -0.508 e. The van der Waals surface area contributed by atoms with Gasteiger partial charge < -0.3 is 5.11 Å². The summed E-state index contributed by atoms with van der Waals surface area (Å²) in [5, 5.41) is 12.5. The van der Waals surface area contributed by atoms with Crippen LogP contribution in [-0.2, 0) is 12.8 Å². The fraction of sp³-hybridized carbons (Fsp3) is 0.200. The number of hydrogen-bond donors (Lipinski definition) is 1. The highest BCUT2D eigenvalue weighted by atomic mass is 16.3. The maximum atomic E-state index is 9.92. The number of aromatic hydroxyl groups is 1. The molecule has 3 rings (SSSR count). The van der Waals surface area contributed by atoms with E-state index in [1.165, 1.54) is 21.9 Å². The Morgan fingerprint density at radius 3 is 2.38 bits per heavy atom. The first-order valence-corrected chi connectivity index (χ1v) is 7.40. The summed E-state index contributed by atoms with van der Waals surface area (Å²) < 4.78 is 0. The lowest BCUT2D eigenvalue weighted by Crippen LogP contribution is -1.95. The van der Waals surface area contributed by atoms with Crippen molar-refractivity contribution in [2.45, 2.75) is 26.7 Å². The van der Waals surface area contributed by atoms with Crippen LogP contribution in [-0.4, -0.2) is 5.11 Å². The number of rotatable bonds is 3. The molecular formula is C20H20O. The average Bonchev–Trinajstić information content (AvgIpc) is 2.49. The molecule has 21 heavy (non-hydrogen) atoms. The van der Waals surface area contributed by atoms with Gasteiger partial charge in [-0.3, -0.25) is 0 Å². The lowest BCUT2D eigenvalue weighted by atomic mass is 9.97.